The van der Waals surface area contributed by atoms with E-state index < -0.39 is 4.92 Å². The highest BCUT2D eigenvalue weighted by Gasteiger charge is 2.24. The second-order valence-electron chi connectivity index (χ2n) is 7.99. The molecule has 2 N–H and O–H groups in total. The monoisotopic (exact) mass is 448 g/mol. The number of carbonyl (C=O) groups is 2. The van der Waals surface area contributed by atoms with Crippen LogP contribution in [-0.2, 0) is 17.9 Å². The number of furan rings is 1. The second kappa shape index (κ2) is 10.1. The van der Waals surface area contributed by atoms with Crippen LogP contribution in [0.3, 0.4) is 0 Å². The summed E-state index contributed by atoms with van der Waals surface area (Å²) in [6.07, 6.45) is 3.62. The fourth-order valence-electron chi connectivity index (χ4n) is 3.44. The molecule has 0 atom stereocenters. The summed E-state index contributed by atoms with van der Waals surface area (Å²) in [6, 6.07) is 17.2. The Bertz CT molecular complexity index is 1120. The zero-order valence-electron chi connectivity index (χ0n) is 17.9. The van der Waals surface area contributed by atoms with Gasteiger partial charge >= 0.3 is 0 Å². The van der Waals surface area contributed by atoms with Gasteiger partial charge in [0.15, 0.2) is 0 Å². The van der Waals surface area contributed by atoms with Crippen molar-refractivity contribution in [1.29, 1.82) is 0 Å². The van der Waals surface area contributed by atoms with Crippen LogP contribution in [0.2, 0.25) is 0 Å². The summed E-state index contributed by atoms with van der Waals surface area (Å²) < 4.78 is 5.43. The summed E-state index contributed by atoms with van der Waals surface area (Å²) in [5, 5.41) is 16.8. The summed E-state index contributed by atoms with van der Waals surface area (Å²) in [7, 11) is 0. The molecule has 2 aromatic carbocycles. The summed E-state index contributed by atoms with van der Waals surface area (Å²) in [6.45, 7) is 0.799. The number of nitrogens with zero attached hydrogens (tertiary/aromatic N) is 2. The third-order valence-corrected chi connectivity index (χ3v) is 5.24. The van der Waals surface area contributed by atoms with Gasteiger partial charge in [-0.3, -0.25) is 24.6 Å². The molecule has 1 saturated carbocycles. The zero-order chi connectivity index (χ0) is 23.2. The van der Waals surface area contributed by atoms with Gasteiger partial charge in [-0.15, -0.1) is 0 Å². The van der Waals surface area contributed by atoms with Gasteiger partial charge in [0.1, 0.15) is 11.4 Å². The maximum absolute atomic E-state index is 12.7. The van der Waals surface area contributed by atoms with Gasteiger partial charge in [-0.1, -0.05) is 24.3 Å². The highest BCUT2D eigenvalue weighted by atomic mass is 16.6. The number of hydrogen-bond acceptors (Lipinski definition) is 6. The number of amides is 2. The molecular formula is C24H24N4O5. The van der Waals surface area contributed by atoms with E-state index in [2.05, 4.69) is 10.6 Å². The average Bonchev–Trinajstić information content (AvgIpc) is 3.46. The number of nitro groups is 1. The lowest BCUT2D eigenvalue weighted by Gasteiger charge is -2.21. The van der Waals surface area contributed by atoms with Crippen molar-refractivity contribution >= 4 is 23.2 Å². The van der Waals surface area contributed by atoms with E-state index in [0.717, 1.165) is 18.4 Å². The third-order valence-electron chi connectivity index (χ3n) is 5.24. The van der Waals surface area contributed by atoms with Gasteiger partial charge in [-0.2, -0.15) is 0 Å². The molecule has 0 radical (unpaired) electrons. The second-order valence-corrected chi connectivity index (χ2v) is 7.99. The van der Waals surface area contributed by atoms with Crippen molar-refractivity contribution < 1.29 is 18.9 Å². The third kappa shape index (κ3) is 6.27. The lowest BCUT2D eigenvalue weighted by atomic mass is 10.1. The van der Waals surface area contributed by atoms with Crippen molar-refractivity contribution in [2.45, 2.75) is 32.0 Å². The molecule has 1 aliphatic rings. The SMILES string of the molecule is O=C(CN(Cc1ccc(C(=O)NC2CC2)cc1)Cc1ccco1)Nc1ccccc1[N+](=O)[O-]. The molecule has 0 bridgehead atoms. The van der Waals surface area contributed by atoms with Crippen molar-refractivity contribution in [2.24, 2.45) is 0 Å². The smallest absolute Gasteiger partial charge is 0.292 e. The van der Waals surface area contributed by atoms with Crippen LogP contribution in [0, 0.1) is 10.1 Å². The van der Waals surface area contributed by atoms with E-state index >= 15 is 0 Å². The number of anilines is 1. The highest BCUT2D eigenvalue weighted by molar-refractivity contribution is 5.95. The molecule has 1 aromatic heterocycles. The lowest BCUT2D eigenvalue weighted by Crippen LogP contribution is -2.32. The summed E-state index contributed by atoms with van der Waals surface area (Å²) in [4.78, 5) is 37.5. The molecule has 1 heterocycles. The van der Waals surface area contributed by atoms with E-state index in [1.54, 1.807) is 36.6 Å². The van der Waals surface area contributed by atoms with Crippen LogP contribution in [0.4, 0.5) is 11.4 Å². The largest absolute Gasteiger partial charge is 0.468 e. The van der Waals surface area contributed by atoms with Crippen molar-refractivity contribution in [3.8, 4) is 0 Å². The molecule has 0 saturated heterocycles. The Morgan fingerprint density at radius 1 is 1.03 bits per heavy atom. The van der Waals surface area contributed by atoms with Crippen LogP contribution in [0.1, 0.15) is 34.5 Å². The first-order valence-electron chi connectivity index (χ1n) is 10.7. The highest BCUT2D eigenvalue weighted by Crippen LogP contribution is 2.23. The Balaban J connectivity index is 1.43. The van der Waals surface area contributed by atoms with Gasteiger partial charge in [-0.25, -0.2) is 0 Å². The minimum atomic E-state index is -0.531. The van der Waals surface area contributed by atoms with Crippen molar-refractivity contribution in [2.75, 3.05) is 11.9 Å². The molecule has 33 heavy (non-hydrogen) atoms. The molecule has 3 aromatic rings. The van der Waals surface area contributed by atoms with E-state index in [4.69, 9.17) is 4.42 Å². The molecule has 0 spiro atoms. The fraction of sp³-hybridized carbons (Fsp3) is 0.250. The number of nitro benzene ring substituents is 1. The summed E-state index contributed by atoms with van der Waals surface area (Å²) in [5.41, 5.74) is 1.50. The Hall–Kier alpha value is -3.98. The van der Waals surface area contributed by atoms with Crippen LogP contribution in [0.5, 0.6) is 0 Å². The predicted octanol–water partition coefficient (Wildman–Crippen LogP) is 3.72. The number of rotatable bonds is 10. The number of hydrogen-bond donors (Lipinski definition) is 2. The van der Waals surface area contributed by atoms with Gasteiger partial charge < -0.3 is 15.1 Å². The maximum Gasteiger partial charge on any atom is 0.292 e. The van der Waals surface area contributed by atoms with Gasteiger partial charge in [0.05, 0.1) is 24.3 Å². The fourth-order valence-corrected chi connectivity index (χ4v) is 3.44. The van der Waals surface area contributed by atoms with E-state index in [1.165, 1.54) is 12.1 Å². The number of carbonyl (C=O) groups excluding carboxylic acids is 2. The number of benzene rings is 2. The van der Waals surface area contributed by atoms with Crippen molar-refractivity contribution in [3.63, 3.8) is 0 Å². The molecule has 2 amide bonds. The zero-order valence-corrected chi connectivity index (χ0v) is 17.9. The number of para-hydroxylation sites is 2. The first-order chi connectivity index (χ1) is 16.0. The molecule has 4 rings (SSSR count). The van der Waals surface area contributed by atoms with Crippen LogP contribution in [0.25, 0.3) is 0 Å². The number of nitrogens with one attached hydrogen (secondary N) is 2. The van der Waals surface area contributed by atoms with E-state index in [9.17, 15) is 19.7 Å². The van der Waals surface area contributed by atoms with Crippen LogP contribution in [-0.4, -0.2) is 34.2 Å². The van der Waals surface area contributed by atoms with Crippen LogP contribution < -0.4 is 10.6 Å². The average molecular weight is 448 g/mol. The first-order valence-corrected chi connectivity index (χ1v) is 10.7. The van der Waals surface area contributed by atoms with Crippen molar-refractivity contribution in [1.82, 2.24) is 10.2 Å². The molecule has 9 nitrogen and oxygen atoms in total. The molecule has 0 aliphatic heterocycles. The lowest BCUT2D eigenvalue weighted by molar-refractivity contribution is -0.383. The Kier molecular flexibility index (Phi) is 6.80. The summed E-state index contributed by atoms with van der Waals surface area (Å²) in [5.74, 6) is 0.227. The Morgan fingerprint density at radius 3 is 2.45 bits per heavy atom. The molecule has 0 unspecified atom stereocenters. The van der Waals surface area contributed by atoms with Gasteiger partial charge in [-0.05, 0) is 48.7 Å². The van der Waals surface area contributed by atoms with Crippen LogP contribution >= 0.6 is 0 Å². The van der Waals surface area contributed by atoms with E-state index in [-0.39, 0.29) is 29.7 Å². The van der Waals surface area contributed by atoms with Gasteiger partial charge in [0.25, 0.3) is 11.6 Å². The minimum absolute atomic E-state index is 0.00331. The van der Waals surface area contributed by atoms with Gasteiger partial charge in [0.2, 0.25) is 5.91 Å². The molecular weight excluding hydrogens is 424 g/mol. The Labute approximate surface area is 190 Å². The molecule has 170 valence electrons. The van der Waals surface area contributed by atoms with Gasteiger partial charge in [0, 0.05) is 24.2 Å². The first kappa shape index (κ1) is 22.2. The van der Waals surface area contributed by atoms with E-state index in [1.807, 2.05) is 23.1 Å². The van der Waals surface area contributed by atoms with Crippen molar-refractivity contribution in [3.05, 3.63) is 93.9 Å². The molecule has 1 aliphatic carbocycles. The van der Waals surface area contributed by atoms with Crippen LogP contribution in [0.15, 0.2) is 71.3 Å². The Morgan fingerprint density at radius 2 is 1.79 bits per heavy atom. The van der Waals surface area contributed by atoms with E-state index in [0.29, 0.717) is 30.5 Å². The standard InChI is InChI=1S/C24H24N4O5/c29-23(26-21-5-1-2-6-22(21)28(31)32)16-27(15-20-4-3-13-33-20)14-17-7-9-18(10-8-17)24(30)25-19-11-12-19/h1-10,13,19H,11-12,14-16H2,(H,25,30)(H,26,29). The predicted molar refractivity (Wildman–Crippen MR) is 121 cm³/mol. The molecule has 1 fully saturated rings. The summed E-state index contributed by atoms with van der Waals surface area (Å²) >= 11 is 0. The quantitative estimate of drug-likeness (QED) is 0.361. The topological polar surface area (TPSA) is 118 Å². The maximum atomic E-state index is 12.7. The molecule has 9 heteroatoms. The normalized spacial score (nSPS) is 13.0. The minimum Gasteiger partial charge on any atom is -0.468 e.